The molecule has 0 radical (unpaired) electrons. The molecule has 1 rings (SSSR count). The maximum atomic E-state index is 10.1. The van der Waals surface area contributed by atoms with Gasteiger partial charge in [0.15, 0.2) is 0 Å². The van der Waals surface area contributed by atoms with E-state index in [0.717, 1.165) is 19.4 Å². The van der Waals surface area contributed by atoms with Crippen LogP contribution in [0.2, 0.25) is 0 Å². The molecule has 0 aromatic rings. The molecular formula is C6H13NOS. The Morgan fingerprint density at radius 1 is 1.56 bits per heavy atom. The lowest BCUT2D eigenvalue weighted by molar-refractivity contribution is -0.119. The van der Waals surface area contributed by atoms with Crippen LogP contribution < -0.4 is 5.32 Å². The summed E-state index contributed by atoms with van der Waals surface area (Å²) in [7, 11) is 0. The highest BCUT2D eigenvalue weighted by molar-refractivity contribution is 7.97. The zero-order valence-electron chi connectivity index (χ0n) is 5.94. The molecule has 1 aliphatic rings. The van der Waals surface area contributed by atoms with Crippen LogP contribution in [0.25, 0.3) is 0 Å². The number of rotatable bonds is 0. The van der Waals surface area contributed by atoms with Crippen molar-refractivity contribution in [2.75, 3.05) is 19.1 Å². The van der Waals surface area contributed by atoms with Crippen molar-refractivity contribution in [3.8, 4) is 0 Å². The maximum Gasteiger partial charge on any atom is 0.220 e. The van der Waals surface area contributed by atoms with E-state index in [2.05, 4.69) is 5.32 Å². The lowest BCUT2D eigenvalue weighted by Gasteiger charge is -1.80. The Bertz CT molecular complexity index is 77.1. The van der Waals surface area contributed by atoms with Crippen molar-refractivity contribution in [1.82, 2.24) is 5.32 Å². The van der Waals surface area contributed by atoms with Gasteiger partial charge in [0.05, 0.1) is 0 Å². The molecule has 1 fully saturated rings. The van der Waals surface area contributed by atoms with E-state index >= 15 is 0 Å². The van der Waals surface area contributed by atoms with Gasteiger partial charge in [-0.25, -0.2) is 0 Å². The molecular weight excluding hydrogens is 134 g/mol. The average molecular weight is 147 g/mol. The predicted octanol–water partition coefficient (Wildman–Crippen LogP) is 0.876. The van der Waals surface area contributed by atoms with E-state index in [1.165, 1.54) is 0 Å². The largest absolute Gasteiger partial charge is 0.356 e. The Morgan fingerprint density at radius 3 is 2.22 bits per heavy atom. The van der Waals surface area contributed by atoms with Crippen molar-refractivity contribution in [2.45, 2.75) is 12.8 Å². The van der Waals surface area contributed by atoms with Crippen molar-refractivity contribution < 1.29 is 4.79 Å². The molecule has 2 nitrogen and oxygen atoms in total. The summed E-state index contributed by atoms with van der Waals surface area (Å²) in [5, 5.41) is 2.68. The van der Waals surface area contributed by atoms with E-state index in [1.807, 2.05) is 12.5 Å². The van der Waals surface area contributed by atoms with Crippen molar-refractivity contribution in [3.63, 3.8) is 0 Å². The predicted molar refractivity (Wildman–Crippen MR) is 41.7 cm³/mol. The Labute approximate surface area is 60.4 Å². The number of hydrogen-bond acceptors (Lipinski definition) is 2. The van der Waals surface area contributed by atoms with Gasteiger partial charge in [-0.1, -0.05) is 0 Å². The van der Waals surface area contributed by atoms with Crippen LogP contribution >= 0.6 is 11.8 Å². The van der Waals surface area contributed by atoms with Crippen LogP contribution in [-0.2, 0) is 4.79 Å². The Kier molecular flexibility index (Phi) is 5.83. The van der Waals surface area contributed by atoms with Gasteiger partial charge in [0.25, 0.3) is 0 Å². The van der Waals surface area contributed by atoms with Gasteiger partial charge < -0.3 is 5.32 Å². The van der Waals surface area contributed by atoms with Crippen molar-refractivity contribution in [3.05, 3.63) is 0 Å². The van der Waals surface area contributed by atoms with E-state index in [0.29, 0.717) is 0 Å². The third-order valence-electron chi connectivity index (χ3n) is 0.903. The maximum absolute atomic E-state index is 10.1. The molecule has 1 saturated heterocycles. The number of carbonyl (C=O) groups excluding carboxylic acids is 1. The van der Waals surface area contributed by atoms with Crippen LogP contribution in [0.4, 0.5) is 0 Å². The van der Waals surface area contributed by atoms with Gasteiger partial charge >= 0.3 is 0 Å². The number of hydrogen-bond donors (Lipinski definition) is 1. The first-order valence-corrected chi connectivity index (χ1v) is 4.61. The molecule has 9 heavy (non-hydrogen) atoms. The quantitative estimate of drug-likeness (QED) is 0.551. The summed E-state index contributed by atoms with van der Waals surface area (Å²) < 4.78 is 0. The van der Waals surface area contributed by atoms with Gasteiger partial charge in [-0.05, 0) is 18.9 Å². The van der Waals surface area contributed by atoms with Crippen LogP contribution in [0.3, 0.4) is 0 Å². The van der Waals surface area contributed by atoms with E-state index in [-0.39, 0.29) is 5.91 Å². The molecule has 0 saturated carbocycles. The highest BCUT2D eigenvalue weighted by Gasteiger charge is 2.05. The van der Waals surface area contributed by atoms with E-state index in [4.69, 9.17) is 0 Å². The molecule has 0 aromatic heterocycles. The number of thioether (sulfide) groups is 1. The summed E-state index contributed by atoms with van der Waals surface area (Å²) in [5.74, 6) is 0.204. The molecule has 0 spiro atoms. The van der Waals surface area contributed by atoms with Gasteiger partial charge in [-0.3, -0.25) is 4.79 Å². The molecule has 1 heterocycles. The SMILES string of the molecule is CSC.O=C1CCCN1. The van der Waals surface area contributed by atoms with Crippen molar-refractivity contribution >= 4 is 17.7 Å². The van der Waals surface area contributed by atoms with Crippen LogP contribution in [-0.4, -0.2) is 25.0 Å². The number of amides is 1. The van der Waals surface area contributed by atoms with Gasteiger partial charge in [0.2, 0.25) is 5.91 Å². The minimum absolute atomic E-state index is 0.204. The first-order chi connectivity index (χ1) is 4.31. The zero-order chi connectivity index (χ0) is 7.11. The smallest absolute Gasteiger partial charge is 0.220 e. The summed E-state index contributed by atoms with van der Waals surface area (Å²) in [6.07, 6.45) is 5.85. The Balaban J connectivity index is 0.000000187. The fraction of sp³-hybridized carbons (Fsp3) is 0.833. The zero-order valence-corrected chi connectivity index (χ0v) is 6.75. The second-order valence-corrected chi connectivity index (χ2v) is 2.68. The third kappa shape index (κ3) is 5.69. The molecule has 0 bridgehead atoms. The molecule has 3 heteroatoms. The van der Waals surface area contributed by atoms with Gasteiger partial charge in [0.1, 0.15) is 0 Å². The lowest BCUT2D eigenvalue weighted by Crippen LogP contribution is -2.12. The van der Waals surface area contributed by atoms with Crippen molar-refractivity contribution in [1.29, 1.82) is 0 Å². The van der Waals surface area contributed by atoms with Crippen LogP contribution in [0.1, 0.15) is 12.8 Å². The topological polar surface area (TPSA) is 29.1 Å². The molecule has 54 valence electrons. The molecule has 1 amide bonds. The molecule has 0 unspecified atom stereocenters. The second kappa shape index (κ2) is 5.95. The van der Waals surface area contributed by atoms with Gasteiger partial charge in [0, 0.05) is 13.0 Å². The first-order valence-electron chi connectivity index (χ1n) is 2.98. The monoisotopic (exact) mass is 147 g/mol. The third-order valence-corrected chi connectivity index (χ3v) is 0.903. The molecule has 0 aliphatic carbocycles. The summed E-state index contributed by atoms with van der Waals surface area (Å²) in [6.45, 7) is 0.888. The van der Waals surface area contributed by atoms with Crippen LogP contribution in [0.15, 0.2) is 0 Å². The van der Waals surface area contributed by atoms with Crippen LogP contribution in [0.5, 0.6) is 0 Å². The highest BCUT2D eigenvalue weighted by atomic mass is 32.2. The van der Waals surface area contributed by atoms with Crippen LogP contribution in [0, 0.1) is 0 Å². The molecule has 1 N–H and O–H groups in total. The standard InChI is InChI=1S/C4H7NO.C2H6S/c6-4-2-1-3-5-4;1-3-2/h1-3H2,(H,5,6);1-2H3. The average Bonchev–Trinajstić information content (AvgIpc) is 2.20. The molecule has 1 aliphatic heterocycles. The van der Waals surface area contributed by atoms with Gasteiger partial charge in [-0.2, -0.15) is 11.8 Å². The first kappa shape index (κ1) is 8.82. The number of nitrogens with one attached hydrogen (secondary N) is 1. The fourth-order valence-corrected chi connectivity index (χ4v) is 0.565. The summed E-state index contributed by atoms with van der Waals surface area (Å²) >= 11 is 1.75. The van der Waals surface area contributed by atoms with E-state index in [9.17, 15) is 4.79 Å². The van der Waals surface area contributed by atoms with Crippen molar-refractivity contribution in [2.24, 2.45) is 0 Å². The lowest BCUT2D eigenvalue weighted by atomic mass is 10.4. The summed E-state index contributed by atoms with van der Waals surface area (Å²) in [6, 6.07) is 0. The minimum Gasteiger partial charge on any atom is -0.356 e. The second-order valence-electron chi connectivity index (χ2n) is 1.86. The molecule has 0 atom stereocenters. The van der Waals surface area contributed by atoms with E-state index < -0.39 is 0 Å². The molecule has 0 aromatic carbocycles. The minimum atomic E-state index is 0.204. The normalized spacial score (nSPS) is 16.0. The summed E-state index contributed by atoms with van der Waals surface area (Å²) in [4.78, 5) is 10.1. The fourth-order valence-electron chi connectivity index (χ4n) is 0.565. The van der Waals surface area contributed by atoms with Gasteiger partial charge in [-0.15, -0.1) is 0 Å². The number of carbonyl (C=O) groups is 1. The van der Waals surface area contributed by atoms with E-state index in [1.54, 1.807) is 11.8 Å². The highest BCUT2D eigenvalue weighted by Crippen LogP contribution is 1.93. The Morgan fingerprint density at radius 2 is 2.11 bits per heavy atom. The Hall–Kier alpha value is -0.180. The summed E-state index contributed by atoms with van der Waals surface area (Å²) in [5.41, 5.74) is 0.